The minimum absolute atomic E-state index is 0.315. The van der Waals surface area contributed by atoms with E-state index in [0.717, 1.165) is 12.8 Å². The average molecular weight is 135 g/mol. The molecular formula is C5H9FOP+. The van der Waals surface area contributed by atoms with E-state index in [-0.39, 0.29) is 0 Å². The molecule has 0 aromatic heterocycles. The summed E-state index contributed by atoms with van der Waals surface area (Å²) in [5, 5.41) is 0. The van der Waals surface area contributed by atoms with Gasteiger partial charge < -0.3 is 0 Å². The van der Waals surface area contributed by atoms with E-state index in [1.165, 1.54) is 6.42 Å². The van der Waals surface area contributed by atoms with Crippen LogP contribution in [-0.2, 0) is 4.57 Å². The molecule has 0 radical (unpaired) electrons. The second kappa shape index (κ2) is 2.54. The SMILES string of the molecule is O=[P+](F)CC1CCC1. The van der Waals surface area contributed by atoms with Crippen molar-refractivity contribution in [1.29, 1.82) is 0 Å². The molecule has 0 aliphatic heterocycles. The third kappa shape index (κ3) is 1.52. The van der Waals surface area contributed by atoms with E-state index in [1.54, 1.807) is 0 Å². The van der Waals surface area contributed by atoms with Crippen molar-refractivity contribution in [2.24, 2.45) is 5.92 Å². The van der Waals surface area contributed by atoms with Crippen molar-refractivity contribution < 1.29 is 8.76 Å². The Balaban J connectivity index is 2.09. The van der Waals surface area contributed by atoms with Crippen LogP contribution in [0.15, 0.2) is 0 Å². The van der Waals surface area contributed by atoms with Gasteiger partial charge in [0.2, 0.25) is 0 Å². The van der Waals surface area contributed by atoms with E-state index >= 15 is 0 Å². The highest BCUT2D eigenvalue weighted by Crippen LogP contribution is 2.35. The Morgan fingerprint density at radius 3 is 2.38 bits per heavy atom. The van der Waals surface area contributed by atoms with Gasteiger partial charge in [-0.15, -0.1) is 0 Å². The lowest BCUT2D eigenvalue weighted by Crippen LogP contribution is -2.12. The summed E-state index contributed by atoms with van der Waals surface area (Å²) in [6.07, 6.45) is 3.69. The van der Waals surface area contributed by atoms with Gasteiger partial charge in [0.25, 0.3) is 0 Å². The number of hydrogen-bond donors (Lipinski definition) is 0. The molecule has 0 amide bonds. The first-order valence-electron chi connectivity index (χ1n) is 2.89. The Morgan fingerprint density at radius 1 is 1.62 bits per heavy atom. The molecular weight excluding hydrogens is 126 g/mol. The highest BCUT2D eigenvalue weighted by atomic mass is 31.1. The van der Waals surface area contributed by atoms with E-state index in [0.29, 0.717) is 12.1 Å². The van der Waals surface area contributed by atoms with Crippen LogP contribution in [0, 0.1) is 5.92 Å². The summed E-state index contributed by atoms with van der Waals surface area (Å²) in [4.78, 5) is 0. The van der Waals surface area contributed by atoms with Crippen LogP contribution < -0.4 is 0 Å². The van der Waals surface area contributed by atoms with Crippen molar-refractivity contribution in [2.75, 3.05) is 6.16 Å². The van der Waals surface area contributed by atoms with E-state index < -0.39 is 8.11 Å². The largest absolute Gasteiger partial charge is 0.558 e. The smallest absolute Gasteiger partial charge is 0.0525 e. The molecule has 1 saturated carbocycles. The minimum Gasteiger partial charge on any atom is -0.0525 e. The van der Waals surface area contributed by atoms with Crippen LogP contribution in [0.3, 0.4) is 0 Å². The summed E-state index contributed by atoms with van der Waals surface area (Å²) in [6, 6.07) is 0. The molecule has 0 spiro atoms. The lowest BCUT2D eigenvalue weighted by Gasteiger charge is -2.19. The van der Waals surface area contributed by atoms with Gasteiger partial charge in [-0.25, -0.2) is 0 Å². The normalized spacial score (nSPS) is 22.4. The van der Waals surface area contributed by atoms with Crippen molar-refractivity contribution in [3.8, 4) is 0 Å². The predicted octanol–water partition coefficient (Wildman–Crippen LogP) is 2.50. The molecule has 1 aliphatic carbocycles. The maximum absolute atomic E-state index is 11.7. The third-order valence-electron chi connectivity index (χ3n) is 1.63. The molecule has 0 aromatic carbocycles. The van der Waals surface area contributed by atoms with Crippen LogP contribution in [0.5, 0.6) is 0 Å². The predicted molar refractivity (Wildman–Crippen MR) is 30.9 cm³/mol. The van der Waals surface area contributed by atoms with Crippen molar-refractivity contribution in [2.45, 2.75) is 19.3 Å². The molecule has 3 heteroatoms. The molecule has 8 heavy (non-hydrogen) atoms. The van der Waals surface area contributed by atoms with Gasteiger partial charge in [0, 0.05) is 5.92 Å². The monoisotopic (exact) mass is 135 g/mol. The second-order valence-electron chi connectivity index (χ2n) is 2.30. The Bertz CT molecular complexity index is 101. The van der Waals surface area contributed by atoms with E-state index in [2.05, 4.69) is 0 Å². The van der Waals surface area contributed by atoms with Gasteiger partial charge in [0.1, 0.15) is 0 Å². The highest BCUT2D eigenvalue weighted by molar-refractivity contribution is 7.38. The van der Waals surface area contributed by atoms with Gasteiger partial charge in [-0.3, -0.25) is 0 Å². The Hall–Kier alpha value is 0.0300. The first-order valence-corrected chi connectivity index (χ1v) is 4.23. The molecule has 0 N–H and O–H groups in total. The molecule has 0 saturated heterocycles. The standard InChI is InChI=1S/C5H9FOP/c6-8(7)4-5-2-1-3-5/h5H,1-4H2/q+1. The van der Waals surface area contributed by atoms with Gasteiger partial charge in [-0.1, -0.05) is 6.42 Å². The fourth-order valence-electron chi connectivity index (χ4n) is 0.878. The molecule has 0 aromatic rings. The van der Waals surface area contributed by atoms with E-state index in [4.69, 9.17) is 0 Å². The van der Waals surface area contributed by atoms with Gasteiger partial charge in [0.05, 0.1) is 4.20 Å². The first kappa shape index (κ1) is 6.15. The van der Waals surface area contributed by atoms with E-state index in [9.17, 15) is 8.76 Å². The Labute approximate surface area is 49.2 Å². The molecule has 0 heterocycles. The molecule has 1 rings (SSSR count). The fourth-order valence-corrected chi connectivity index (χ4v) is 1.65. The maximum atomic E-state index is 11.7. The fraction of sp³-hybridized carbons (Fsp3) is 1.00. The molecule has 46 valence electrons. The molecule has 1 unspecified atom stereocenters. The van der Waals surface area contributed by atoms with Crippen molar-refractivity contribution >= 4 is 8.11 Å². The van der Waals surface area contributed by atoms with Gasteiger partial charge in [-0.2, -0.15) is 0 Å². The summed E-state index contributed by atoms with van der Waals surface area (Å²) in [5.74, 6) is 0.448. The van der Waals surface area contributed by atoms with Crippen molar-refractivity contribution in [3.63, 3.8) is 0 Å². The topological polar surface area (TPSA) is 17.1 Å². The molecule has 1 aliphatic rings. The zero-order valence-corrected chi connectivity index (χ0v) is 5.53. The van der Waals surface area contributed by atoms with Crippen molar-refractivity contribution in [3.05, 3.63) is 0 Å². The number of rotatable bonds is 2. The zero-order chi connectivity index (χ0) is 5.98. The first-order chi connectivity index (χ1) is 3.79. The number of hydrogen-bond acceptors (Lipinski definition) is 1. The van der Waals surface area contributed by atoms with Crippen molar-refractivity contribution in [1.82, 2.24) is 0 Å². The van der Waals surface area contributed by atoms with Crippen LogP contribution >= 0.6 is 8.11 Å². The zero-order valence-electron chi connectivity index (χ0n) is 4.64. The molecule has 1 nitrogen and oxygen atoms in total. The lowest BCUT2D eigenvalue weighted by molar-refractivity contribution is 0.345. The molecule has 1 fully saturated rings. The highest BCUT2D eigenvalue weighted by Gasteiger charge is 2.27. The summed E-state index contributed by atoms with van der Waals surface area (Å²) < 4.78 is 21.6. The molecule has 0 bridgehead atoms. The van der Waals surface area contributed by atoms with Crippen LogP contribution in [0.25, 0.3) is 0 Å². The van der Waals surface area contributed by atoms with Crippen LogP contribution in [0.2, 0.25) is 0 Å². The maximum Gasteiger partial charge on any atom is 0.558 e. The molecule has 1 atom stereocenters. The average Bonchev–Trinajstić information content (AvgIpc) is 1.55. The summed E-state index contributed by atoms with van der Waals surface area (Å²) in [6.45, 7) is 0. The van der Waals surface area contributed by atoms with Crippen LogP contribution in [-0.4, -0.2) is 6.16 Å². The summed E-state index contributed by atoms with van der Waals surface area (Å²) in [5.41, 5.74) is 0. The summed E-state index contributed by atoms with van der Waals surface area (Å²) >= 11 is 0. The summed E-state index contributed by atoms with van der Waals surface area (Å²) in [7, 11) is -2.34. The Morgan fingerprint density at radius 2 is 2.25 bits per heavy atom. The van der Waals surface area contributed by atoms with Crippen LogP contribution in [0.1, 0.15) is 19.3 Å². The Kier molecular flexibility index (Phi) is 1.95. The third-order valence-corrected chi connectivity index (χ3v) is 2.43. The second-order valence-corrected chi connectivity index (χ2v) is 3.30. The van der Waals surface area contributed by atoms with Gasteiger partial charge >= 0.3 is 8.11 Å². The lowest BCUT2D eigenvalue weighted by atomic mass is 9.87. The van der Waals surface area contributed by atoms with Gasteiger partial charge in [0.15, 0.2) is 6.16 Å². The minimum atomic E-state index is -2.34. The number of halogens is 1. The van der Waals surface area contributed by atoms with E-state index in [1.807, 2.05) is 0 Å². The van der Waals surface area contributed by atoms with Gasteiger partial charge in [-0.05, 0) is 17.4 Å². The quantitative estimate of drug-likeness (QED) is 0.531. The van der Waals surface area contributed by atoms with Crippen LogP contribution in [0.4, 0.5) is 4.20 Å².